The van der Waals surface area contributed by atoms with Gasteiger partial charge in [-0.25, -0.2) is 14.8 Å². The summed E-state index contributed by atoms with van der Waals surface area (Å²) >= 11 is 2.79. The highest BCUT2D eigenvalue weighted by atomic mass is 32.2. The van der Waals surface area contributed by atoms with Crippen LogP contribution in [0.15, 0.2) is 87.4 Å². The van der Waals surface area contributed by atoms with Crippen LogP contribution in [0.2, 0.25) is 0 Å². The molecule has 0 aliphatic carbocycles. The highest BCUT2D eigenvalue weighted by Gasteiger charge is 2.20. The third kappa shape index (κ3) is 6.72. The summed E-state index contributed by atoms with van der Waals surface area (Å²) in [5.74, 6) is -0.955. The number of hydrogen-bond acceptors (Lipinski definition) is 9. The zero-order valence-corrected chi connectivity index (χ0v) is 21.4. The fraction of sp³-hybridized carbons (Fsp3) is 0.115. The predicted molar refractivity (Wildman–Crippen MR) is 144 cm³/mol. The molecule has 2 aromatic carbocycles. The van der Waals surface area contributed by atoms with Crippen LogP contribution in [0.3, 0.4) is 0 Å². The van der Waals surface area contributed by atoms with Crippen molar-refractivity contribution in [1.29, 1.82) is 0 Å². The van der Waals surface area contributed by atoms with E-state index in [2.05, 4.69) is 20.6 Å². The van der Waals surface area contributed by atoms with E-state index in [4.69, 9.17) is 10.5 Å². The number of nitrogens with two attached hydrogens (primary N) is 1. The summed E-state index contributed by atoms with van der Waals surface area (Å²) in [4.78, 5) is 47.8. The molecule has 1 aliphatic heterocycles. The molecule has 0 fully saturated rings. The molecular weight excluding hydrogens is 510 g/mol. The maximum absolute atomic E-state index is 12.8. The predicted octanol–water partition coefficient (Wildman–Crippen LogP) is 4.45. The Labute approximate surface area is 221 Å². The average molecular weight is 534 g/mol. The largest absolute Gasteiger partial charge is 0.463 e. The molecule has 11 heteroatoms. The monoisotopic (exact) mass is 533 g/mol. The maximum atomic E-state index is 12.8. The van der Waals surface area contributed by atoms with Gasteiger partial charge in [-0.1, -0.05) is 35.2 Å². The number of aliphatic imine (C=N–C) groups is 1. The topological polar surface area (TPSA) is 136 Å². The molecule has 0 bridgehead atoms. The van der Waals surface area contributed by atoms with Crippen molar-refractivity contribution >= 4 is 57.9 Å². The zero-order valence-electron chi connectivity index (χ0n) is 19.8. The Morgan fingerprint density at radius 1 is 1.19 bits per heavy atom. The number of esters is 1. The van der Waals surface area contributed by atoms with Gasteiger partial charge in [-0.15, -0.1) is 0 Å². The third-order valence-corrected chi connectivity index (χ3v) is 7.08. The number of benzene rings is 2. The summed E-state index contributed by atoms with van der Waals surface area (Å²) < 4.78 is 4.83. The molecule has 4 N–H and O–H groups in total. The van der Waals surface area contributed by atoms with E-state index in [1.165, 1.54) is 47.7 Å². The fourth-order valence-corrected chi connectivity index (χ4v) is 4.95. The minimum absolute atomic E-state index is 0.207. The molecule has 3 aromatic rings. The van der Waals surface area contributed by atoms with E-state index >= 15 is 0 Å². The van der Waals surface area contributed by atoms with Crippen LogP contribution >= 0.6 is 23.1 Å². The fourth-order valence-electron chi connectivity index (χ4n) is 3.24. The Morgan fingerprint density at radius 3 is 2.84 bits per heavy atom. The van der Waals surface area contributed by atoms with Crippen LogP contribution < -0.4 is 16.4 Å². The van der Waals surface area contributed by atoms with Crippen molar-refractivity contribution in [1.82, 2.24) is 10.3 Å². The quantitative estimate of drug-likeness (QED) is 0.168. The Balaban J connectivity index is 1.36. The van der Waals surface area contributed by atoms with Crippen LogP contribution in [0.4, 0.5) is 10.8 Å². The summed E-state index contributed by atoms with van der Waals surface area (Å²) in [6, 6.07) is 12.6. The van der Waals surface area contributed by atoms with Gasteiger partial charge < -0.3 is 21.1 Å². The van der Waals surface area contributed by atoms with E-state index in [-0.39, 0.29) is 25.0 Å². The van der Waals surface area contributed by atoms with Crippen molar-refractivity contribution in [3.8, 4) is 0 Å². The molecule has 4 rings (SSSR count). The van der Waals surface area contributed by atoms with E-state index in [0.717, 1.165) is 14.7 Å². The van der Waals surface area contributed by atoms with E-state index in [0.29, 0.717) is 27.5 Å². The number of amides is 2. The van der Waals surface area contributed by atoms with Crippen molar-refractivity contribution in [2.45, 2.75) is 23.3 Å². The summed E-state index contributed by atoms with van der Waals surface area (Å²) in [5.41, 5.74) is 7.70. The van der Waals surface area contributed by atoms with Crippen LogP contribution in [0.25, 0.3) is 0 Å². The molecule has 0 spiro atoms. The Hall–Kier alpha value is -4.22. The van der Waals surface area contributed by atoms with Gasteiger partial charge in [0.25, 0.3) is 11.8 Å². The summed E-state index contributed by atoms with van der Waals surface area (Å²) in [6.45, 7) is 2.27. The van der Waals surface area contributed by atoms with Gasteiger partial charge in [0.2, 0.25) is 5.13 Å². The van der Waals surface area contributed by atoms with Gasteiger partial charge >= 0.3 is 5.97 Å². The van der Waals surface area contributed by atoms with Crippen LogP contribution in [-0.2, 0) is 16.1 Å². The zero-order chi connectivity index (χ0) is 26.2. The lowest BCUT2D eigenvalue weighted by molar-refractivity contribution is -0.137. The van der Waals surface area contributed by atoms with Crippen LogP contribution in [-0.4, -0.2) is 35.6 Å². The SMILES string of the molecule is CCOC(=O)/C=C/C(C=Nc1ncc(CNC(=O)c2ccc3c(c2)NC(=O)c2ccccc2S3)s1)=CN. The highest BCUT2D eigenvalue weighted by molar-refractivity contribution is 7.99. The number of carbonyl (C=O) groups is 3. The normalized spacial score (nSPS) is 13.1. The number of rotatable bonds is 8. The Bertz CT molecular complexity index is 1430. The summed E-state index contributed by atoms with van der Waals surface area (Å²) in [7, 11) is 0. The third-order valence-electron chi connectivity index (χ3n) is 5.02. The van der Waals surface area contributed by atoms with Crippen LogP contribution in [0, 0.1) is 0 Å². The van der Waals surface area contributed by atoms with E-state index in [1.807, 2.05) is 24.3 Å². The molecule has 1 aromatic heterocycles. The van der Waals surface area contributed by atoms with Crippen LogP contribution in [0.5, 0.6) is 0 Å². The number of ether oxygens (including phenoxy) is 1. The minimum atomic E-state index is -0.469. The van der Waals surface area contributed by atoms with Crippen molar-refractivity contribution in [3.63, 3.8) is 0 Å². The number of allylic oxidation sites excluding steroid dienone is 2. The van der Waals surface area contributed by atoms with Gasteiger partial charge in [-0.2, -0.15) is 0 Å². The lowest BCUT2D eigenvalue weighted by Gasteiger charge is -2.09. The summed E-state index contributed by atoms with van der Waals surface area (Å²) in [5, 5.41) is 6.23. The summed E-state index contributed by atoms with van der Waals surface area (Å²) in [6.07, 6.45) is 7.19. The first-order valence-electron chi connectivity index (χ1n) is 11.2. The number of nitrogens with zero attached hydrogens (tertiary/aromatic N) is 2. The molecule has 2 heterocycles. The Kier molecular flexibility index (Phi) is 8.49. The number of anilines is 1. The van der Waals surface area contributed by atoms with Gasteiger partial charge in [0.1, 0.15) is 0 Å². The van der Waals surface area contributed by atoms with Gasteiger partial charge in [0.05, 0.1) is 24.4 Å². The average Bonchev–Trinajstić information content (AvgIpc) is 3.30. The second-order valence-corrected chi connectivity index (χ2v) is 9.74. The molecule has 1 aliphatic rings. The molecule has 188 valence electrons. The first-order valence-corrected chi connectivity index (χ1v) is 12.9. The van der Waals surface area contributed by atoms with Gasteiger partial charge in [0, 0.05) is 50.5 Å². The molecule has 0 atom stereocenters. The number of nitrogens with one attached hydrogen (secondary N) is 2. The second-order valence-electron chi connectivity index (χ2n) is 7.57. The molecule has 0 unspecified atom stereocenters. The highest BCUT2D eigenvalue weighted by Crippen LogP contribution is 2.39. The molecule has 0 saturated heterocycles. The van der Waals surface area contributed by atoms with Gasteiger partial charge in [-0.05, 0) is 43.3 Å². The first-order chi connectivity index (χ1) is 18.0. The van der Waals surface area contributed by atoms with Crippen molar-refractivity contribution in [3.05, 3.63) is 88.6 Å². The number of hydrogen-bond donors (Lipinski definition) is 3. The minimum Gasteiger partial charge on any atom is -0.463 e. The molecule has 0 radical (unpaired) electrons. The lowest BCUT2D eigenvalue weighted by Crippen LogP contribution is -2.22. The molecule has 2 amide bonds. The van der Waals surface area contributed by atoms with E-state index < -0.39 is 5.97 Å². The van der Waals surface area contributed by atoms with Crippen LogP contribution in [0.1, 0.15) is 32.5 Å². The molecule has 37 heavy (non-hydrogen) atoms. The number of carbonyl (C=O) groups excluding carboxylic acids is 3. The first kappa shape index (κ1) is 25.9. The Morgan fingerprint density at radius 2 is 2.03 bits per heavy atom. The second kappa shape index (κ2) is 12.2. The molecular formula is C26H23N5O4S2. The molecule has 9 nitrogen and oxygen atoms in total. The van der Waals surface area contributed by atoms with E-state index in [1.54, 1.807) is 31.3 Å². The molecule has 0 saturated carbocycles. The van der Waals surface area contributed by atoms with Gasteiger partial charge in [-0.3, -0.25) is 9.59 Å². The van der Waals surface area contributed by atoms with Crippen molar-refractivity contribution < 1.29 is 19.1 Å². The van der Waals surface area contributed by atoms with E-state index in [9.17, 15) is 14.4 Å². The number of fused-ring (bicyclic) bond motifs is 2. The standard InChI is InChI=1S/C26H23N5O4S2/c1-2-35-23(32)10-7-16(12-27)13-29-26-30-15-18(36-26)14-28-24(33)17-8-9-22-20(11-17)31-25(34)19-5-3-4-6-21(19)37-22/h3-13,15H,2,14,27H2,1H3,(H,28,33)(H,31,34)/b10-7+,16-12?,29-13?. The van der Waals surface area contributed by atoms with Crippen molar-refractivity contribution in [2.75, 3.05) is 11.9 Å². The maximum Gasteiger partial charge on any atom is 0.330 e. The smallest absolute Gasteiger partial charge is 0.330 e. The lowest BCUT2D eigenvalue weighted by atomic mass is 10.1. The van der Waals surface area contributed by atoms with Crippen molar-refractivity contribution in [2.24, 2.45) is 10.7 Å². The number of thiazole rings is 1. The number of aromatic nitrogens is 1. The van der Waals surface area contributed by atoms with Gasteiger partial charge in [0.15, 0.2) is 0 Å².